The molecule has 484 valence electrons. The van der Waals surface area contributed by atoms with Crippen LogP contribution in [0.5, 0.6) is 0 Å². The number of likely N-dealkylation sites (N-methyl/N-ethyl adjacent to an activating group) is 1. The fraction of sp³-hybridized carbons (Fsp3) is 0.734. The Kier molecular flexibility index (Phi) is 28.8. The highest BCUT2D eigenvalue weighted by Crippen LogP contribution is 2.40. The van der Waals surface area contributed by atoms with Crippen molar-refractivity contribution < 1.29 is 47.9 Å². The summed E-state index contributed by atoms with van der Waals surface area (Å²) in [7, 11) is 3.80. The van der Waals surface area contributed by atoms with E-state index in [1.54, 1.807) is 17.2 Å². The molecule has 0 aromatic rings. The molecule has 0 aromatic heterocycles. The zero-order valence-corrected chi connectivity index (χ0v) is 55.0. The van der Waals surface area contributed by atoms with Crippen LogP contribution in [-0.4, -0.2) is 162 Å². The van der Waals surface area contributed by atoms with Gasteiger partial charge in [-0.15, -0.1) is 0 Å². The molecule has 0 bridgehead atoms. The molecule has 22 heteroatoms. The second-order valence-corrected chi connectivity index (χ2v) is 27.3. The van der Waals surface area contributed by atoms with Crippen LogP contribution < -0.4 is 47.9 Å². The van der Waals surface area contributed by atoms with Crippen LogP contribution in [0.3, 0.4) is 0 Å². The van der Waals surface area contributed by atoms with Gasteiger partial charge in [0.15, 0.2) is 0 Å². The van der Waals surface area contributed by atoms with Crippen LogP contribution >= 0.6 is 0 Å². The minimum absolute atomic E-state index is 0.0274. The van der Waals surface area contributed by atoms with Crippen LogP contribution in [0.1, 0.15) is 194 Å². The van der Waals surface area contributed by atoms with Crippen molar-refractivity contribution in [2.75, 3.05) is 33.7 Å². The molecular formula is C64H108N12O10. The van der Waals surface area contributed by atoms with Gasteiger partial charge in [0, 0.05) is 49.3 Å². The molecular weight excluding hydrogens is 1100 g/mol. The fourth-order valence-corrected chi connectivity index (χ4v) is 10.6. The minimum Gasteiger partial charge on any atom is -0.354 e. The van der Waals surface area contributed by atoms with E-state index in [1.165, 1.54) is 41.5 Å². The third kappa shape index (κ3) is 23.7. The van der Waals surface area contributed by atoms with E-state index in [1.807, 2.05) is 79.6 Å². The van der Waals surface area contributed by atoms with Gasteiger partial charge < -0.3 is 57.7 Å². The number of fused-ring (bicyclic) bond motifs is 1. The largest absolute Gasteiger partial charge is 0.354 e. The number of dihydropyridines is 1. The molecule has 0 spiro atoms. The van der Waals surface area contributed by atoms with Gasteiger partial charge >= 0.3 is 0 Å². The first-order valence-corrected chi connectivity index (χ1v) is 31.4. The third-order valence-corrected chi connectivity index (χ3v) is 15.6. The summed E-state index contributed by atoms with van der Waals surface area (Å²) in [5.41, 5.74) is -3.75. The fourth-order valence-electron chi connectivity index (χ4n) is 10.6. The summed E-state index contributed by atoms with van der Waals surface area (Å²) in [6.07, 6.45) is 17.4. The SMILES string of the molecule is CCCCCCCC[C@H](NC(=O)[C@@H]1CCCN1C(=O)C1=CCC2(C)C=CC=NC2=C1)C(=O)N[C@@H](CC(C)C)C(=O)NC(C)(C)C(=O)N[C@@H](CC(C)C)C(=O)N[C@@H](CC(C)C)C(=O)NC(C)(C)C(=O)NC(C)(C)C(=O)NCCC(=O)N[C@@H](C)CN(C)C. The maximum atomic E-state index is 14.5. The molecule has 2 heterocycles. The topological polar surface area (TPSA) is 298 Å². The molecule has 86 heavy (non-hydrogen) atoms. The lowest BCUT2D eigenvalue weighted by Crippen LogP contribution is -2.65. The summed E-state index contributed by atoms with van der Waals surface area (Å²) < 4.78 is 0. The quantitative estimate of drug-likeness (QED) is 0.0384. The monoisotopic (exact) mass is 1200 g/mol. The van der Waals surface area contributed by atoms with E-state index in [2.05, 4.69) is 72.8 Å². The van der Waals surface area contributed by atoms with Crippen LogP contribution in [0.4, 0.5) is 0 Å². The van der Waals surface area contributed by atoms with Crippen LogP contribution in [0, 0.1) is 23.2 Å². The van der Waals surface area contributed by atoms with Gasteiger partial charge in [0.25, 0.3) is 5.91 Å². The van der Waals surface area contributed by atoms with E-state index in [9.17, 15) is 47.9 Å². The third-order valence-electron chi connectivity index (χ3n) is 15.6. The second-order valence-electron chi connectivity index (χ2n) is 27.3. The summed E-state index contributed by atoms with van der Waals surface area (Å²) in [5, 5.41) is 25.3. The van der Waals surface area contributed by atoms with E-state index in [4.69, 9.17) is 0 Å². The standard InChI is InChI=1S/C64H108N12O10/c1-18-19-20-21-22-23-26-45(68-56(82)49-27-24-34-76(49)57(83)44-28-31-64(15)30-25-32-65-50(64)38-44)52(78)69-47(36-41(4)5)54(80)72-62(11,12)59(85)71-46(35-40(2)3)53(79)70-48(37-42(6)7)55(81)73-63(13,14)60(86)74-61(9,10)58(84)66-33-29-51(77)67-43(8)39-75(16)17/h25,28,30,32,38,40-43,45-49H,18-24,26-27,29,31,33-37,39H2,1-17H3,(H,66,84)(H,67,77)(H,68,82)(H,69,78)(H,70,79)(H,71,85)(H,72,80)(H,73,81)(H,74,86)/t43-,45-,46-,47-,48-,49-,64?/m0/s1. The molecule has 10 amide bonds. The lowest BCUT2D eigenvalue weighted by atomic mass is 9.77. The Bertz CT molecular complexity index is 2510. The second kappa shape index (κ2) is 33.6. The molecule has 3 aliphatic rings. The molecule has 2 aliphatic heterocycles. The summed E-state index contributed by atoms with van der Waals surface area (Å²) in [6, 6.07) is -5.41. The molecule has 0 radical (unpaired) electrons. The number of nitrogens with zero attached hydrogens (tertiary/aromatic N) is 3. The average molecular weight is 1210 g/mol. The van der Waals surface area contributed by atoms with E-state index in [0.717, 1.165) is 37.8 Å². The van der Waals surface area contributed by atoms with Gasteiger partial charge in [0.05, 0.1) is 5.70 Å². The van der Waals surface area contributed by atoms with Crippen molar-refractivity contribution in [2.24, 2.45) is 28.2 Å². The molecule has 22 nitrogen and oxygen atoms in total. The Labute approximate surface area is 513 Å². The van der Waals surface area contributed by atoms with Crippen molar-refractivity contribution in [3.05, 3.63) is 35.6 Å². The molecule has 0 saturated carbocycles. The summed E-state index contributed by atoms with van der Waals surface area (Å²) in [4.78, 5) is 147. The van der Waals surface area contributed by atoms with Crippen LogP contribution in [0.2, 0.25) is 0 Å². The summed E-state index contributed by atoms with van der Waals surface area (Å²) >= 11 is 0. The first-order chi connectivity index (χ1) is 40.0. The van der Waals surface area contributed by atoms with Gasteiger partial charge in [-0.1, -0.05) is 106 Å². The first-order valence-electron chi connectivity index (χ1n) is 31.4. The van der Waals surface area contributed by atoms with Crippen molar-refractivity contribution in [2.45, 2.75) is 247 Å². The molecule has 1 unspecified atom stereocenters. The van der Waals surface area contributed by atoms with Gasteiger partial charge in [0.2, 0.25) is 53.2 Å². The number of unbranched alkanes of at least 4 members (excludes halogenated alkanes) is 5. The number of nitrogens with one attached hydrogen (secondary N) is 9. The van der Waals surface area contributed by atoms with Gasteiger partial charge in [-0.2, -0.15) is 0 Å². The Morgan fingerprint density at radius 3 is 1.73 bits per heavy atom. The number of carbonyl (C=O) groups is 10. The van der Waals surface area contributed by atoms with E-state index >= 15 is 0 Å². The molecule has 9 N–H and O–H groups in total. The van der Waals surface area contributed by atoms with E-state index in [-0.39, 0.29) is 73.3 Å². The van der Waals surface area contributed by atoms with Crippen LogP contribution in [-0.2, 0) is 47.9 Å². The smallest absolute Gasteiger partial charge is 0.254 e. The van der Waals surface area contributed by atoms with Gasteiger partial charge in [-0.3, -0.25) is 52.9 Å². The van der Waals surface area contributed by atoms with Crippen molar-refractivity contribution >= 4 is 65.3 Å². The van der Waals surface area contributed by atoms with Gasteiger partial charge in [-0.25, -0.2) is 0 Å². The van der Waals surface area contributed by atoms with Crippen LogP contribution in [0.15, 0.2) is 40.6 Å². The summed E-state index contributed by atoms with van der Waals surface area (Å²) in [5.74, 6) is -5.84. The Balaban J connectivity index is 1.74. The highest BCUT2D eigenvalue weighted by Gasteiger charge is 2.42. The number of hydrogen-bond acceptors (Lipinski definition) is 12. The molecule has 0 aromatic carbocycles. The Morgan fingerprint density at radius 2 is 1.17 bits per heavy atom. The number of rotatable bonds is 35. The maximum Gasteiger partial charge on any atom is 0.254 e. The minimum atomic E-state index is -1.64. The summed E-state index contributed by atoms with van der Waals surface area (Å²) in [6.45, 7) is 27.2. The Hall–Kier alpha value is -6.45. The molecule has 1 saturated heterocycles. The Morgan fingerprint density at radius 1 is 0.651 bits per heavy atom. The number of carbonyl (C=O) groups excluding carboxylic acids is 10. The number of amides is 10. The lowest BCUT2D eigenvalue weighted by Gasteiger charge is -2.34. The van der Waals surface area contributed by atoms with E-state index < -0.39 is 94.1 Å². The van der Waals surface area contributed by atoms with E-state index in [0.29, 0.717) is 50.8 Å². The molecule has 1 aliphatic carbocycles. The number of likely N-dealkylation sites (tertiary alicyclic amines) is 1. The highest BCUT2D eigenvalue weighted by molar-refractivity contribution is 6.02. The van der Waals surface area contributed by atoms with Gasteiger partial charge in [0.1, 0.15) is 46.8 Å². The average Bonchev–Trinajstić information content (AvgIpc) is 1.35. The zero-order chi connectivity index (χ0) is 64.9. The van der Waals surface area contributed by atoms with Crippen LogP contribution in [0.25, 0.3) is 0 Å². The maximum absolute atomic E-state index is 14.5. The van der Waals surface area contributed by atoms with Crippen molar-refractivity contribution in [1.82, 2.24) is 57.7 Å². The molecule has 1 fully saturated rings. The van der Waals surface area contributed by atoms with Crippen molar-refractivity contribution in [3.63, 3.8) is 0 Å². The van der Waals surface area contributed by atoms with Crippen molar-refractivity contribution in [1.29, 1.82) is 0 Å². The predicted molar refractivity (Wildman–Crippen MR) is 336 cm³/mol. The van der Waals surface area contributed by atoms with Crippen molar-refractivity contribution in [3.8, 4) is 0 Å². The molecule has 3 rings (SSSR count). The number of aliphatic imine (C=N–C) groups is 1. The lowest BCUT2D eigenvalue weighted by molar-refractivity contribution is -0.139. The first kappa shape index (κ1) is 73.8. The number of allylic oxidation sites excluding steroid dienone is 3. The normalized spacial score (nSPS) is 18.6. The van der Waals surface area contributed by atoms with Gasteiger partial charge in [-0.05, 0) is 137 Å². The zero-order valence-electron chi connectivity index (χ0n) is 55.0. The predicted octanol–water partition coefficient (Wildman–Crippen LogP) is 4.92. The molecule has 7 atom stereocenters. The number of hydrogen-bond donors (Lipinski definition) is 9. The highest BCUT2D eigenvalue weighted by atomic mass is 16.2.